The monoisotopic (exact) mass is 314 g/mol. The van der Waals surface area contributed by atoms with E-state index in [2.05, 4.69) is 11.4 Å². The summed E-state index contributed by atoms with van der Waals surface area (Å²) in [6, 6.07) is 11.7. The van der Waals surface area contributed by atoms with Crippen LogP contribution in [0, 0.1) is 16.7 Å². The molecule has 1 aliphatic heterocycles. The van der Waals surface area contributed by atoms with Crippen LogP contribution in [0.4, 0.5) is 0 Å². The number of nitrogens with zero attached hydrogens (tertiary/aromatic N) is 1. The van der Waals surface area contributed by atoms with E-state index in [1.807, 2.05) is 37.3 Å². The number of esters is 1. The second-order valence-corrected chi connectivity index (χ2v) is 6.63. The fraction of sp³-hybridized carbons (Fsp3) is 0.579. The van der Waals surface area contributed by atoms with E-state index in [0.717, 1.165) is 44.2 Å². The summed E-state index contributed by atoms with van der Waals surface area (Å²) in [7, 11) is 0. The van der Waals surface area contributed by atoms with Crippen LogP contribution in [0.3, 0.4) is 0 Å². The average molecular weight is 314 g/mol. The fourth-order valence-electron chi connectivity index (χ4n) is 3.07. The van der Waals surface area contributed by atoms with Crippen molar-refractivity contribution in [2.45, 2.75) is 58.1 Å². The summed E-state index contributed by atoms with van der Waals surface area (Å²) in [5.74, 6) is -0.191. The highest BCUT2D eigenvalue weighted by atomic mass is 16.5. The fourth-order valence-corrected chi connectivity index (χ4v) is 3.07. The van der Waals surface area contributed by atoms with Crippen LogP contribution in [0.1, 0.15) is 51.0 Å². The molecule has 0 amide bonds. The first-order valence-electron chi connectivity index (χ1n) is 8.48. The lowest BCUT2D eigenvalue weighted by Crippen LogP contribution is -2.39. The minimum Gasteiger partial charge on any atom is -0.460 e. The van der Waals surface area contributed by atoms with Gasteiger partial charge in [-0.3, -0.25) is 4.79 Å². The third-order valence-corrected chi connectivity index (χ3v) is 4.56. The normalized spacial score (nSPS) is 26.0. The highest BCUT2D eigenvalue weighted by Crippen LogP contribution is 2.33. The predicted octanol–water partition coefficient (Wildman–Crippen LogP) is 3.57. The van der Waals surface area contributed by atoms with E-state index in [9.17, 15) is 10.1 Å². The van der Waals surface area contributed by atoms with Crippen molar-refractivity contribution in [3.63, 3.8) is 0 Å². The summed E-state index contributed by atoms with van der Waals surface area (Å²) in [6.45, 7) is 3.07. The molecule has 2 unspecified atom stereocenters. The van der Waals surface area contributed by atoms with Crippen LogP contribution in [-0.4, -0.2) is 18.6 Å². The summed E-state index contributed by atoms with van der Waals surface area (Å²) in [6.07, 6.45) is 5.65. The summed E-state index contributed by atoms with van der Waals surface area (Å²) < 4.78 is 5.56. The Morgan fingerprint density at radius 3 is 2.78 bits per heavy atom. The third kappa shape index (κ3) is 5.37. The molecule has 2 atom stereocenters. The Kier molecular flexibility index (Phi) is 6.61. The maximum absolute atomic E-state index is 12.7. The molecule has 23 heavy (non-hydrogen) atoms. The molecule has 1 N–H and O–H groups in total. The minimum absolute atomic E-state index is 0.191. The zero-order chi connectivity index (χ0) is 16.5. The van der Waals surface area contributed by atoms with Gasteiger partial charge in [0.2, 0.25) is 0 Å². The Balaban J connectivity index is 2.01. The van der Waals surface area contributed by atoms with Gasteiger partial charge in [0.1, 0.15) is 6.61 Å². The lowest BCUT2D eigenvalue weighted by molar-refractivity contribution is -0.157. The number of carbonyl (C=O) groups is 1. The van der Waals surface area contributed by atoms with Crippen molar-refractivity contribution in [3.8, 4) is 6.07 Å². The van der Waals surface area contributed by atoms with E-state index in [4.69, 9.17) is 4.74 Å². The Bertz CT molecular complexity index is 538. The molecule has 0 radical (unpaired) electrons. The molecular formula is C19H26N2O2. The quantitative estimate of drug-likeness (QED) is 0.866. The molecule has 2 rings (SSSR count). The number of hydrogen-bond donors (Lipinski definition) is 1. The first-order valence-corrected chi connectivity index (χ1v) is 8.48. The Morgan fingerprint density at radius 2 is 2.04 bits per heavy atom. The van der Waals surface area contributed by atoms with Gasteiger partial charge in [-0.15, -0.1) is 0 Å². The van der Waals surface area contributed by atoms with Crippen molar-refractivity contribution < 1.29 is 9.53 Å². The molecule has 1 aromatic rings. The van der Waals surface area contributed by atoms with Crippen LogP contribution in [-0.2, 0) is 16.1 Å². The van der Waals surface area contributed by atoms with Crippen LogP contribution in [0.25, 0.3) is 0 Å². The molecule has 0 saturated carbocycles. The maximum atomic E-state index is 12.7. The zero-order valence-electron chi connectivity index (χ0n) is 13.9. The lowest BCUT2D eigenvalue weighted by atomic mass is 9.78. The zero-order valence-corrected chi connectivity index (χ0v) is 13.9. The van der Waals surface area contributed by atoms with Gasteiger partial charge in [-0.2, -0.15) is 5.26 Å². The average Bonchev–Trinajstić information content (AvgIpc) is 2.58. The topological polar surface area (TPSA) is 62.1 Å². The standard InChI is InChI=1S/C19H26N2O2/c1-19(18(22)23-15-16-9-5-4-6-10-16)11-7-2-3-8-12-21-17(13-19)14-20/h4-6,9-10,17,21H,2-3,7-8,11-13,15H2,1H3. The Hall–Kier alpha value is -1.86. The second kappa shape index (κ2) is 8.69. The first-order chi connectivity index (χ1) is 11.1. The van der Waals surface area contributed by atoms with Gasteiger partial charge in [0.05, 0.1) is 17.5 Å². The second-order valence-electron chi connectivity index (χ2n) is 6.63. The molecule has 4 nitrogen and oxygen atoms in total. The molecule has 0 aliphatic carbocycles. The molecule has 1 saturated heterocycles. The molecule has 1 aliphatic rings. The van der Waals surface area contributed by atoms with Gasteiger partial charge < -0.3 is 10.1 Å². The van der Waals surface area contributed by atoms with E-state index in [-0.39, 0.29) is 12.0 Å². The van der Waals surface area contributed by atoms with E-state index in [0.29, 0.717) is 13.0 Å². The number of nitrogens with one attached hydrogen (secondary N) is 1. The highest BCUT2D eigenvalue weighted by molar-refractivity contribution is 5.76. The number of hydrogen-bond acceptors (Lipinski definition) is 4. The summed E-state index contributed by atoms with van der Waals surface area (Å²) in [4.78, 5) is 12.7. The van der Waals surface area contributed by atoms with Crippen molar-refractivity contribution in [3.05, 3.63) is 35.9 Å². The van der Waals surface area contributed by atoms with E-state index >= 15 is 0 Å². The van der Waals surface area contributed by atoms with Crippen molar-refractivity contribution in [1.82, 2.24) is 5.32 Å². The third-order valence-electron chi connectivity index (χ3n) is 4.56. The van der Waals surface area contributed by atoms with Crippen LogP contribution in [0.2, 0.25) is 0 Å². The van der Waals surface area contributed by atoms with Gasteiger partial charge in [0.15, 0.2) is 0 Å². The number of nitriles is 1. The molecule has 4 heteroatoms. The van der Waals surface area contributed by atoms with Gasteiger partial charge >= 0.3 is 5.97 Å². The molecule has 1 heterocycles. The van der Waals surface area contributed by atoms with Gasteiger partial charge in [0, 0.05) is 0 Å². The van der Waals surface area contributed by atoms with Gasteiger partial charge in [-0.1, -0.05) is 49.6 Å². The first kappa shape index (κ1) is 17.5. The Morgan fingerprint density at radius 1 is 1.30 bits per heavy atom. The molecule has 1 aromatic carbocycles. The van der Waals surface area contributed by atoms with Crippen LogP contribution < -0.4 is 5.32 Å². The summed E-state index contributed by atoms with van der Waals surface area (Å²) in [5, 5.41) is 12.6. The molecule has 0 aromatic heterocycles. The van der Waals surface area contributed by atoms with Crippen LogP contribution in [0.5, 0.6) is 0 Å². The molecule has 1 fully saturated rings. The van der Waals surface area contributed by atoms with Crippen LogP contribution >= 0.6 is 0 Å². The van der Waals surface area contributed by atoms with Crippen molar-refractivity contribution in [1.29, 1.82) is 5.26 Å². The molecular weight excluding hydrogens is 288 g/mol. The molecule has 0 bridgehead atoms. The molecule has 0 spiro atoms. The van der Waals surface area contributed by atoms with E-state index in [1.54, 1.807) is 0 Å². The van der Waals surface area contributed by atoms with Gasteiger partial charge in [-0.25, -0.2) is 0 Å². The lowest BCUT2D eigenvalue weighted by Gasteiger charge is -2.30. The number of ether oxygens (including phenoxy) is 1. The van der Waals surface area contributed by atoms with Crippen LogP contribution in [0.15, 0.2) is 30.3 Å². The van der Waals surface area contributed by atoms with E-state index in [1.165, 1.54) is 0 Å². The molecule has 124 valence electrons. The maximum Gasteiger partial charge on any atom is 0.312 e. The smallest absolute Gasteiger partial charge is 0.312 e. The minimum atomic E-state index is -0.598. The van der Waals surface area contributed by atoms with Crippen molar-refractivity contribution in [2.24, 2.45) is 5.41 Å². The number of benzene rings is 1. The Labute approximate surface area is 138 Å². The summed E-state index contributed by atoms with van der Waals surface area (Å²) in [5.41, 5.74) is 0.388. The SMILES string of the molecule is CC1(C(=O)OCc2ccccc2)CCCCCCNC(C#N)C1. The van der Waals surface area contributed by atoms with Crippen molar-refractivity contribution in [2.75, 3.05) is 6.54 Å². The van der Waals surface area contributed by atoms with E-state index < -0.39 is 5.41 Å². The van der Waals surface area contributed by atoms with Crippen molar-refractivity contribution >= 4 is 5.97 Å². The van der Waals surface area contributed by atoms with Gasteiger partial charge in [-0.05, 0) is 38.3 Å². The number of carbonyl (C=O) groups excluding carboxylic acids is 1. The van der Waals surface area contributed by atoms with Gasteiger partial charge in [0.25, 0.3) is 0 Å². The number of rotatable bonds is 3. The summed E-state index contributed by atoms with van der Waals surface area (Å²) >= 11 is 0. The largest absolute Gasteiger partial charge is 0.460 e. The highest BCUT2D eigenvalue weighted by Gasteiger charge is 2.37. The predicted molar refractivity (Wildman–Crippen MR) is 89.5 cm³/mol.